The van der Waals surface area contributed by atoms with E-state index in [9.17, 15) is 4.79 Å². The molecule has 2 N–H and O–H groups in total. The zero-order valence-electron chi connectivity index (χ0n) is 12.9. The van der Waals surface area contributed by atoms with Gasteiger partial charge in [0.1, 0.15) is 0 Å². The highest BCUT2D eigenvalue weighted by Crippen LogP contribution is 2.30. The van der Waals surface area contributed by atoms with Crippen molar-refractivity contribution in [3.63, 3.8) is 0 Å². The van der Waals surface area contributed by atoms with Crippen LogP contribution in [0.5, 0.6) is 0 Å². The van der Waals surface area contributed by atoms with Crippen LogP contribution in [0, 0.1) is 5.41 Å². The molecular weight excluding hydrogens is 254 g/mol. The molecule has 5 nitrogen and oxygen atoms in total. The van der Waals surface area contributed by atoms with Gasteiger partial charge in [-0.05, 0) is 51.9 Å². The van der Waals surface area contributed by atoms with Gasteiger partial charge in [0.05, 0.1) is 12.0 Å². The van der Waals surface area contributed by atoms with Crippen molar-refractivity contribution in [1.29, 1.82) is 0 Å². The Morgan fingerprint density at radius 1 is 1.45 bits per heavy atom. The molecule has 116 valence electrons. The van der Waals surface area contributed by atoms with Crippen molar-refractivity contribution in [3.05, 3.63) is 0 Å². The Bertz CT molecular complexity index is 311. The Morgan fingerprint density at radius 3 is 2.85 bits per heavy atom. The molecule has 0 aromatic rings. The van der Waals surface area contributed by atoms with Gasteiger partial charge in [-0.15, -0.1) is 0 Å². The largest absolute Gasteiger partial charge is 0.384 e. The van der Waals surface area contributed by atoms with E-state index in [0.29, 0.717) is 12.6 Å². The summed E-state index contributed by atoms with van der Waals surface area (Å²) in [6, 6.07) is 0.305. The van der Waals surface area contributed by atoms with Crippen LogP contribution < -0.4 is 10.6 Å². The predicted molar refractivity (Wildman–Crippen MR) is 79.7 cm³/mol. The number of amides is 1. The number of nitrogens with zero attached hydrogens (tertiary/aromatic N) is 1. The highest BCUT2D eigenvalue weighted by Gasteiger charge is 2.40. The second kappa shape index (κ2) is 7.38. The van der Waals surface area contributed by atoms with E-state index in [0.717, 1.165) is 52.0 Å². The molecule has 2 fully saturated rings. The average Bonchev–Trinajstić information content (AvgIpc) is 2.48. The highest BCUT2D eigenvalue weighted by molar-refractivity contribution is 5.83. The standard InChI is InChI=1S/C15H29N3O2/c1-3-18-10-4-5-13(11-18)17-14(19)15(12-20-2)6-8-16-9-7-15/h13,16H,3-12H2,1-2H3,(H,17,19). The van der Waals surface area contributed by atoms with Gasteiger partial charge in [0.2, 0.25) is 5.91 Å². The summed E-state index contributed by atoms with van der Waals surface area (Å²) in [7, 11) is 1.69. The van der Waals surface area contributed by atoms with Gasteiger partial charge in [-0.2, -0.15) is 0 Å². The number of hydrogen-bond acceptors (Lipinski definition) is 4. The van der Waals surface area contributed by atoms with E-state index >= 15 is 0 Å². The molecule has 0 aliphatic carbocycles. The topological polar surface area (TPSA) is 53.6 Å². The molecule has 2 aliphatic heterocycles. The summed E-state index contributed by atoms with van der Waals surface area (Å²) in [5.74, 6) is 0.198. The Balaban J connectivity index is 1.94. The molecule has 0 spiro atoms. The maximum absolute atomic E-state index is 12.7. The first-order chi connectivity index (χ1) is 9.70. The number of rotatable bonds is 5. The van der Waals surface area contributed by atoms with Gasteiger partial charge >= 0.3 is 0 Å². The van der Waals surface area contributed by atoms with Crippen molar-refractivity contribution in [1.82, 2.24) is 15.5 Å². The van der Waals surface area contributed by atoms with E-state index in [1.54, 1.807) is 7.11 Å². The molecule has 1 atom stereocenters. The highest BCUT2D eigenvalue weighted by atomic mass is 16.5. The van der Waals surface area contributed by atoms with E-state index in [1.165, 1.54) is 6.42 Å². The van der Waals surface area contributed by atoms with E-state index in [2.05, 4.69) is 22.5 Å². The monoisotopic (exact) mass is 283 g/mol. The number of carbonyl (C=O) groups is 1. The molecular formula is C15H29N3O2. The summed E-state index contributed by atoms with van der Waals surface area (Å²) in [4.78, 5) is 15.2. The van der Waals surface area contributed by atoms with Gasteiger partial charge in [-0.1, -0.05) is 6.92 Å². The molecule has 20 heavy (non-hydrogen) atoms. The van der Waals surface area contributed by atoms with Gasteiger partial charge in [0.15, 0.2) is 0 Å². The number of piperidine rings is 2. The summed E-state index contributed by atoms with van der Waals surface area (Å²) >= 11 is 0. The van der Waals surface area contributed by atoms with Crippen LogP contribution in [-0.4, -0.2) is 63.3 Å². The third-order valence-corrected chi connectivity index (χ3v) is 4.75. The molecule has 1 unspecified atom stereocenters. The molecule has 0 aromatic carbocycles. The molecule has 0 radical (unpaired) electrons. The number of methoxy groups -OCH3 is 1. The fourth-order valence-corrected chi connectivity index (χ4v) is 3.42. The van der Waals surface area contributed by atoms with Gasteiger partial charge < -0.3 is 20.3 Å². The van der Waals surface area contributed by atoms with Crippen molar-refractivity contribution in [2.24, 2.45) is 5.41 Å². The Labute approximate surface area is 122 Å². The van der Waals surface area contributed by atoms with Gasteiger partial charge in [0.25, 0.3) is 0 Å². The average molecular weight is 283 g/mol. The normalized spacial score (nSPS) is 27.2. The number of likely N-dealkylation sites (tertiary alicyclic amines) is 1. The van der Waals surface area contributed by atoms with Crippen LogP contribution in [0.1, 0.15) is 32.6 Å². The van der Waals surface area contributed by atoms with Crippen LogP contribution in [0.15, 0.2) is 0 Å². The minimum Gasteiger partial charge on any atom is -0.384 e. The first kappa shape index (κ1) is 15.7. The minimum absolute atomic E-state index is 0.198. The third-order valence-electron chi connectivity index (χ3n) is 4.75. The molecule has 5 heteroatoms. The Hall–Kier alpha value is -0.650. The lowest BCUT2D eigenvalue weighted by atomic mass is 9.78. The Kier molecular flexibility index (Phi) is 5.81. The summed E-state index contributed by atoms with van der Waals surface area (Å²) in [5.41, 5.74) is -0.325. The predicted octanol–water partition coefficient (Wildman–Crippen LogP) is 0.603. The molecule has 2 saturated heterocycles. The van der Waals surface area contributed by atoms with E-state index in [4.69, 9.17) is 4.74 Å². The van der Waals surface area contributed by atoms with Gasteiger partial charge in [-0.3, -0.25) is 4.79 Å². The smallest absolute Gasteiger partial charge is 0.228 e. The first-order valence-electron chi connectivity index (χ1n) is 7.93. The lowest BCUT2D eigenvalue weighted by molar-refractivity contribution is -0.137. The third kappa shape index (κ3) is 3.71. The van der Waals surface area contributed by atoms with Crippen LogP contribution in [0.4, 0.5) is 0 Å². The number of carbonyl (C=O) groups excluding carboxylic acids is 1. The van der Waals surface area contributed by atoms with Crippen LogP contribution in [-0.2, 0) is 9.53 Å². The van der Waals surface area contributed by atoms with Gasteiger partial charge in [0, 0.05) is 19.7 Å². The van der Waals surface area contributed by atoms with Crippen molar-refractivity contribution >= 4 is 5.91 Å². The van der Waals surface area contributed by atoms with Crippen molar-refractivity contribution in [3.8, 4) is 0 Å². The van der Waals surface area contributed by atoms with Crippen LogP contribution in [0.2, 0.25) is 0 Å². The van der Waals surface area contributed by atoms with E-state index in [-0.39, 0.29) is 11.3 Å². The zero-order valence-corrected chi connectivity index (χ0v) is 12.9. The van der Waals surface area contributed by atoms with Gasteiger partial charge in [-0.25, -0.2) is 0 Å². The van der Waals surface area contributed by atoms with E-state index in [1.807, 2.05) is 0 Å². The molecule has 2 heterocycles. The number of ether oxygens (including phenoxy) is 1. The second-order valence-corrected chi connectivity index (χ2v) is 6.17. The fraction of sp³-hybridized carbons (Fsp3) is 0.933. The second-order valence-electron chi connectivity index (χ2n) is 6.17. The lowest BCUT2D eigenvalue weighted by Gasteiger charge is -2.39. The number of likely N-dealkylation sites (N-methyl/N-ethyl adjacent to an activating group) is 1. The van der Waals surface area contributed by atoms with Crippen molar-refractivity contribution < 1.29 is 9.53 Å². The fourth-order valence-electron chi connectivity index (χ4n) is 3.42. The summed E-state index contributed by atoms with van der Waals surface area (Å²) < 4.78 is 5.34. The molecule has 1 amide bonds. The first-order valence-corrected chi connectivity index (χ1v) is 7.93. The van der Waals surface area contributed by atoms with Crippen LogP contribution in [0.3, 0.4) is 0 Å². The van der Waals surface area contributed by atoms with Crippen LogP contribution in [0.25, 0.3) is 0 Å². The minimum atomic E-state index is -0.325. The van der Waals surface area contributed by atoms with Crippen LogP contribution >= 0.6 is 0 Å². The lowest BCUT2D eigenvalue weighted by Crippen LogP contribution is -2.55. The van der Waals surface area contributed by atoms with Crippen molar-refractivity contribution in [2.45, 2.75) is 38.6 Å². The summed E-state index contributed by atoms with van der Waals surface area (Å²) in [6.07, 6.45) is 4.02. The summed E-state index contributed by atoms with van der Waals surface area (Å²) in [5, 5.41) is 6.62. The number of hydrogen-bond donors (Lipinski definition) is 2. The molecule has 0 saturated carbocycles. The quantitative estimate of drug-likeness (QED) is 0.776. The molecule has 0 bridgehead atoms. The molecule has 2 aliphatic rings. The van der Waals surface area contributed by atoms with E-state index < -0.39 is 0 Å². The van der Waals surface area contributed by atoms with Crippen molar-refractivity contribution in [2.75, 3.05) is 46.4 Å². The number of nitrogens with one attached hydrogen (secondary N) is 2. The maximum Gasteiger partial charge on any atom is 0.228 e. The Morgan fingerprint density at radius 2 is 2.20 bits per heavy atom. The summed E-state index contributed by atoms with van der Waals surface area (Å²) in [6.45, 7) is 7.75. The zero-order chi connectivity index (χ0) is 14.4. The SMILES string of the molecule is CCN1CCCC(NC(=O)C2(COC)CCNCC2)C1. The molecule has 2 rings (SSSR count). The maximum atomic E-state index is 12.7. The molecule has 0 aromatic heterocycles.